The number of aromatic nitrogens is 5. The Morgan fingerprint density at radius 1 is 1.18 bits per heavy atom. The summed E-state index contributed by atoms with van der Waals surface area (Å²) >= 11 is 0. The van der Waals surface area contributed by atoms with Crippen LogP contribution in [0.2, 0.25) is 0 Å². The van der Waals surface area contributed by atoms with Crippen LogP contribution in [0.25, 0.3) is 17.0 Å². The highest BCUT2D eigenvalue weighted by atomic mass is 32.2. The van der Waals surface area contributed by atoms with Crippen molar-refractivity contribution in [1.82, 2.24) is 29.3 Å². The Kier molecular flexibility index (Phi) is 6.18. The molecular formula is C18H18F5N7O2S. The fourth-order valence-electron chi connectivity index (χ4n) is 3.59. The van der Waals surface area contributed by atoms with E-state index in [-0.39, 0.29) is 19.0 Å². The van der Waals surface area contributed by atoms with E-state index in [4.69, 9.17) is 0 Å². The van der Waals surface area contributed by atoms with Crippen molar-refractivity contribution in [1.29, 1.82) is 0 Å². The average Bonchev–Trinajstić information content (AvgIpc) is 3.20. The van der Waals surface area contributed by atoms with E-state index in [0.29, 0.717) is 42.2 Å². The summed E-state index contributed by atoms with van der Waals surface area (Å²) in [6.45, 7) is 0.474. The molecule has 0 aromatic carbocycles. The van der Waals surface area contributed by atoms with Crippen LogP contribution in [0.5, 0.6) is 0 Å². The maximum atomic E-state index is 13.0. The predicted molar refractivity (Wildman–Crippen MR) is 107 cm³/mol. The first kappa shape index (κ1) is 23.2. The number of nitrogens with zero attached hydrogens (tertiary/aromatic N) is 6. The summed E-state index contributed by atoms with van der Waals surface area (Å²) in [4.78, 5) is 14.3. The molecule has 3 aromatic heterocycles. The SMILES string of the molecule is O=S(=O)(NCC1CCCN(c2cc(-c3cnc4ccc(C(F)F)nn34)ncn2)C1)C(F)(F)F. The number of hydrogen-bond acceptors (Lipinski definition) is 7. The third-order valence-electron chi connectivity index (χ3n) is 5.23. The molecule has 33 heavy (non-hydrogen) atoms. The Morgan fingerprint density at radius 3 is 2.70 bits per heavy atom. The summed E-state index contributed by atoms with van der Waals surface area (Å²) in [5, 5.41) is 3.91. The average molecular weight is 491 g/mol. The predicted octanol–water partition coefficient (Wildman–Crippen LogP) is 2.78. The van der Waals surface area contributed by atoms with Crippen molar-refractivity contribution in [2.24, 2.45) is 5.92 Å². The third-order valence-corrected chi connectivity index (χ3v) is 6.39. The highest BCUT2D eigenvalue weighted by Crippen LogP contribution is 2.27. The second-order valence-corrected chi connectivity index (χ2v) is 9.24. The zero-order valence-corrected chi connectivity index (χ0v) is 17.7. The van der Waals surface area contributed by atoms with Crippen molar-refractivity contribution in [2.75, 3.05) is 24.5 Å². The number of imidazole rings is 1. The van der Waals surface area contributed by atoms with Gasteiger partial charge in [0.05, 0.1) is 11.9 Å². The number of fused-ring (bicyclic) bond motifs is 1. The molecule has 1 N–H and O–H groups in total. The second-order valence-electron chi connectivity index (χ2n) is 7.49. The van der Waals surface area contributed by atoms with Crippen LogP contribution in [0, 0.1) is 5.92 Å². The van der Waals surface area contributed by atoms with Crippen LogP contribution in [-0.2, 0) is 10.0 Å². The minimum absolute atomic E-state index is 0.276. The molecule has 178 valence electrons. The molecule has 1 fully saturated rings. The standard InChI is InChI=1S/C18H18F5N7O2S/c19-17(20)12-3-4-15-24-8-14(30(15)28-12)13-6-16(26-10-25-13)29-5-1-2-11(9-29)7-27-33(31,32)18(21,22)23/h3-4,6,8,10-11,17,27H,1-2,5,7,9H2. The number of piperidine rings is 1. The third kappa shape index (κ3) is 4.88. The molecule has 1 unspecified atom stereocenters. The fraction of sp³-hybridized carbons (Fsp3) is 0.444. The molecule has 0 spiro atoms. The molecule has 0 radical (unpaired) electrons. The van der Waals surface area contributed by atoms with Gasteiger partial charge in [0, 0.05) is 25.7 Å². The van der Waals surface area contributed by atoms with Crippen LogP contribution in [0.15, 0.2) is 30.7 Å². The molecule has 4 heterocycles. The van der Waals surface area contributed by atoms with Crippen LogP contribution in [-0.4, -0.2) is 58.1 Å². The summed E-state index contributed by atoms with van der Waals surface area (Å²) < 4.78 is 89.2. The molecule has 9 nitrogen and oxygen atoms in total. The van der Waals surface area contributed by atoms with Gasteiger partial charge in [0.15, 0.2) is 5.65 Å². The Bertz CT molecular complexity index is 1250. The lowest BCUT2D eigenvalue weighted by molar-refractivity contribution is -0.0448. The van der Waals surface area contributed by atoms with E-state index in [2.05, 4.69) is 20.1 Å². The van der Waals surface area contributed by atoms with Gasteiger partial charge in [-0.2, -0.15) is 18.3 Å². The van der Waals surface area contributed by atoms with Gasteiger partial charge in [-0.15, -0.1) is 0 Å². The first-order chi connectivity index (χ1) is 15.5. The highest BCUT2D eigenvalue weighted by Gasteiger charge is 2.45. The molecule has 4 rings (SSSR count). The normalized spacial score (nSPS) is 17.8. The van der Waals surface area contributed by atoms with Crippen LogP contribution in [0.4, 0.5) is 27.8 Å². The van der Waals surface area contributed by atoms with Gasteiger partial charge in [0.2, 0.25) is 0 Å². The van der Waals surface area contributed by atoms with Gasteiger partial charge in [0.1, 0.15) is 23.5 Å². The van der Waals surface area contributed by atoms with Crippen molar-refractivity contribution in [3.05, 3.63) is 36.4 Å². The van der Waals surface area contributed by atoms with Gasteiger partial charge < -0.3 is 4.90 Å². The van der Waals surface area contributed by atoms with Gasteiger partial charge in [-0.05, 0) is 30.9 Å². The van der Waals surface area contributed by atoms with Crippen LogP contribution in [0.3, 0.4) is 0 Å². The summed E-state index contributed by atoms with van der Waals surface area (Å²) in [6.07, 6.45) is 1.12. The summed E-state index contributed by atoms with van der Waals surface area (Å²) in [6, 6.07) is 4.20. The van der Waals surface area contributed by atoms with E-state index in [1.54, 1.807) is 10.8 Å². The molecule has 15 heteroatoms. The minimum atomic E-state index is -5.41. The number of halogens is 5. The second kappa shape index (κ2) is 8.78. The van der Waals surface area contributed by atoms with Crippen LogP contribution < -0.4 is 9.62 Å². The first-order valence-corrected chi connectivity index (χ1v) is 11.3. The summed E-state index contributed by atoms with van der Waals surface area (Å²) in [5.74, 6) is 0.101. The topological polar surface area (TPSA) is 105 Å². The van der Waals surface area contributed by atoms with Crippen molar-refractivity contribution < 1.29 is 30.4 Å². The van der Waals surface area contributed by atoms with Gasteiger partial charge in [-0.25, -0.2) is 41.4 Å². The molecule has 3 aromatic rings. The quantitative estimate of drug-likeness (QED) is 0.529. The molecule has 0 bridgehead atoms. The maximum Gasteiger partial charge on any atom is 0.511 e. The van der Waals surface area contributed by atoms with Crippen LogP contribution in [0.1, 0.15) is 25.0 Å². The molecule has 1 saturated heterocycles. The van der Waals surface area contributed by atoms with Gasteiger partial charge in [-0.3, -0.25) is 0 Å². The van der Waals surface area contributed by atoms with Crippen molar-refractivity contribution >= 4 is 21.5 Å². The number of hydrogen-bond donors (Lipinski definition) is 1. The molecule has 0 amide bonds. The van der Waals surface area contributed by atoms with Gasteiger partial charge in [0.25, 0.3) is 6.43 Å². The first-order valence-electron chi connectivity index (χ1n) is 9.81. The highest BCUT2D eigenvalue weighted by molar-refractivity contribution is 7.90. The van der Waals surface area contributed by atoms with Crippen molar-refractivity contribution in [3.8, 4) is 11.4 Å². The molecule has 1 atom stereocenters. The molecule has 1 aliphatic heterocycles. The monoisotopic (exact) mass is 491 g/mol. The van der Waals surface area contributed by atoms with E-state index in [9.17, 15) is 30.4 Å². The largest absolute Gasteiger partial charge is 0.511 e. The lowest BCUT2D eigenvalue weighted by Crippen LogP contribution is -2.44. The maximum absolute atomic E-state index is 13.0. The fourth-order valence-corrected chi connectivity index (χ4v) is 4.21. The zero-order chi connectivity index (χ0) is 23.8. The Labute approximate surface area is 184 Å². The van der Waals surface area contributed by atoms with Gasteiger partial charge in [-0.1, -0.05) is 0 Å². The smallest absolute Gasteiger partial charge is 0.356 e. The molecule has 0 saturated carbocycles. The lowest BCUT2D eigenvalue weighted by atomic mass is 9.98. The zero-order valence-electron chi connectivity index (χ0n) is 16.9. The number of rotatable bonds is 6. The van der Waals surface area contributed by atoms with Crippen LogP contribution >= 0.6 is 0 Å². The number of alkyl halides is 5. The lowest BCUT2D eigenvalue weighted by Gasteiger charge is -2.33. The summed E-state index contributed by atoms with van der Waals surface area (Å²) in [7, 11) is -5.41. The summed E-state index contributed by atoms with van der Waals surface area (Å²) in [5.41, 5.74) is -4.70. The van der Waals surface area contributed by atoms with E-state index >= 15 is 0 Å². The molecular weight excluding hydrogens is 473 g/mol. The number of nitrogens with one attached hydrogen (secondary N) is 1. The van der Waals surface area contributed by atoms with E-state index in [0.717, 1.165) is 0 Å². The van der Waals surface area contributed by atoms with Crippen molar-refractivity contribution in [2.45, 2.75) is 24.8 Å². The Morgan fingerprint density at radius 2 is 1.97 bits per heavy atom. The minimum Gasteiger partial charge on any atom is -0.356 e. The number of anilines is 1. The Balaban J connectivity index is 1.53. The van der Waals surface area contributed by atoms with E-state index < -0.39 is 27.7 Å². The van der Waals surface area contributed by atoms with Crippen molar-refractivity contribution in [3.63, 3.8) is 0 Å². The molecule has 0 aliphatic carbocycles. The van der Waals surface area contributed by atoms with Gasteiger partial charge >= 0.3 is 15.5 Å². The van der Waals surface area contributed by atoms with E-state index in [1.807, 2.05) is 4.90 Å². The molecule has 1 aliphatic rings. The number of sulfonamides is 1. The van der Waals surface area contributed by atoms with E-state index in [1.165, 1.54) is 29.2 Å². The Hall–Kier alpha value is -2.94.